The van der Waals surface area contributed by atoms with Gasteiger partial charge in [0.15, 0.2) is 0 Å². The maximum Gasteiger partial charge on any atom is 0.242 e. The Morgan fingerprint density at radius 2 is 2.00 bits per heavy atom. The highest BCUT2D eigenvalue weighted by Crippen LogP contribution is 2.07. The summed E-state index contributed by atoms with van der Waals surface area (Å²) < 4.78 is 12.8. The Balaban J connectivity index is 1.94. The summed E-state index contributed by atoms with van der Waals surface area (Å²) in [7, 11) is 0. The molecule has 0 fully saturated rings. The summed E-state index contributed by atoms with van der Waals surface area (Å²) in [5, 5.41) is 2.62. The summed E-state index contributed by atoms with van der Waals surface area (Å²) in [6.07, 6.45) is 1.93. The van der Waals surface area contributed by atoms with Crippen molar-refractivity contribution in [2.75, 3.05) is 5.32 Å². The van der Waals surface area contributed by atoms with E-state index in [0.717, 1.165) is 5.56 Å². The fourth-order valence-electron chi connectivity index (χ4n) is 1.62. The molecule has 0 bridgehead atoms. The maximum atomic E-state index is 12.8. The summed E-state index contributed by atoms with van der Waals surface area (Å²) in [5.74, 6) is -0.166. The van der Waals surface area contributed by atoms with Crippen molar-refractivity contribution in [1.29, 1.82) is 0 Å². The summed E-state index contributed by atoms with van der Waals surface area (Å²) in [4.78, 5) is 15.8. The van der Waals surface area contributed by atoms with Gasteiger partial charge in [0, 0.05) is 6.20 Å². The lowest BCUT2D eigenvalue weighted by Gasteiger charge is -2.11. The Morgan fingerprint density at radius 1 is 1.26 bits per heavy atom. The average Bonchev–Trinajstić information content (AvgIpc) is 2.42. The van der Waals surface area contributed by atoms with Crippen LogP contribution in [0.4, 0.5) is 10.2 Å². The topological polar surface area (TPSA) is 68.0 Å². The number of nitrogens with one attached hydrogen (secondary N) is 1. The average molecular weight is 259 g/mol. The van der Waals surface area contributed by atoms with Crippen LogP contribution in [0.2, 0.25) is 0 Å². The first-order valence-electron chi connectivity index (χ1n) is 5.87. The minimum absolute atomic E-state index is 0.310. The molecule has 1 amide bonds. The highest BCUT2D eigenvalue weighted by atomic mass is 19.1. The van der Waals surface area contributed by atoms with Crippen LogP contribution >= 0.6 is 0 Å². The first-order valence-corrected chi connectivity index (χ1v) is 5.87. The van der Waals surface area contributed by atoms with Crippen LogP contribution < -0.4 is 11.1 Å². The maximum absolute atomic E-state index is 12.8. The number of aromatic nitrogens is 1. The molecule has 4 nitrogen and oxygen atoms in total. The molecule has 2 rings (SSSR count). The lowest BCUT2D eigenvalue weighted by atomic mass is 10.1. The van der Waals surface area contributed by atoms with Gasteiger partial charge in [0.1, 0.15) is 11.6 Å². The number of rotatable bonds is 4. The molecule has 0 saturated heterocycles. The first kappa shape index (κ1) is 13.2. The molecular weight excluding hydrogens is 245 g/mol. The van der Waals surface area contributed by atoms with E-state index in [1.807, 2.05) is 0 Å². The zero-order chi connectivity index (χ0) is 13.7. The Kier molecular flexibility index (Phi) is 4.20. The number of carbonyl (C=O) groups is 1. The number of halogens is 1. The summed E-state index contributed by atoms with van der Waals surface area (Å²) in [5.41, 5.74) is 6.61. The second kappa shape index (κ2) is 6.06. The van der Waals surface area contributed by atoms with Gasteiger partial charge in [0.25, 0.3) is 0 Å². The molecule has 0 spiro atoms. The summed E-state index contributed by atoms with van der Waals surface area (Å²) in [6.45, 7) is 0. The van der Waals surface area contributed by atoms with Gasteiger partial charge in [0.2, 0.25) is 5.91 Å². The molecule has 1 aromatic carbocycles. The molecule has 1 atom stereocenters. The van der Waals surface area contributed by atoms with Gasteiger partial charge in [-0.2, -0.15) is 0 Å². The van der Waals surface area contributed by atoms with Crippen molar-refractivity contribution in [3.05, 3.63) is 60.0 Å². The van der Waals surface area contributed by atoms with Crippen molar-refractivity contribution in [3.8, 4) is 0 Å². The van der Waals surface area contributed by atoms with Crippen LogP contribution in [-0.2, 0) is 11.2 Å². The van der Waals surface area contributed by atoms with Crippen molar-refractivity contribution < 1.29 is 9.18 Å². The number of benzene rings is 1. The highest BCUT2D eigenvalue weighted by molar-refractivity contribution is 5.94. The SMILES string of the molecule is N[C@@H](Cc1ccc(F)cc1)C(=O)Nc1ccccn1. The fraction of sp³-hybridized carbons (Fsp3) is 0.143. The molecule has 2 aromatic rings. The van der Waals surface area contributed by atoms with Crippen molar-refractivity contribution in [1.82, 2.24) is 4.98 Å². The van der Waals surface area contributed by atoms with Crippen molar-refractivity contribution in [2.45, 2.75) is 12.5 Å². The quantitative estimate of drug-likeness (QED) is 0.878. The Labute approximate surface area is 110 Å². The molecule has 19 heavy (non-hydrogen) atoms. The molecule has 1 aromatic heterocycles. The van der Waals surface area contributed by atoms with E-state index in [2.05, 4.69) is 10.3 Å². The molecule has 0 aliphatic heterocycles. The van der Waals surface area contributed by atoms with Gasteiger partial charge < -0.3 is 11.1 Å². The number of carbonyl (C=O) groups excluding carboxylic acids is 1. The second-order valence-electron chi connectivity index (χ2n) is 4.14. The third kappa shape index (κ3) is 3.86. The standard InChI is InChI=1S/C14H14FN3O/c15-11-6-4-10(5-7-11)9-12(16)14(19)18-13-3-1-2-8-17-13/h1-8,12H,9,16H2,(H,17,18,19)/t12-/m0/s1. The van der Waals surface area contributed by atoms with Crippen LogP contribution in [0.15, 0.2) is 48.7 Å². The number of hydrogen-bond acceptors (Lipinski definition) is 3. The predicted molar refractivity (Wildman–Crippen MR) is 70.9 cm³/mol. The van der Waals surface area contributed by atoms with Crippen LogP contribution in [0.25, 0.3) is 0 Å². The van der Waals surface area contributed by atoms with Crippen molar-refractivity contribution in [2.24, 2.45) is 5.73 Å². The molecule has 0 radical (unpaired) electrons. The van der Waals surface area contributed by atoms with Crippen molar-refractivity contribution in [3.63, 3.8) is 0 Å². The third-order valence-electron chi connectivity index (χ3n) is 2.62. The number of hydrogen-bond donors (Lipinski definition) is 2. The van der Waals surface area contributed by atoms with Crippen molar-refractivity contribution >= 4 is 11.7 Å². The number of nitrogens with zero attached hydrogens (tertiary/aromatic N) is 1. The lowest BCUT2D eigenvalue weighted by Crippen LogP contribution is -2.37. The van der Waals surface area contributed by atoms with Gasteiger partial charge in [-0.25, -0.2) is 9.37 Å². The number of amides is 1. The molecular formula is C14H14FN3O. The Bertz CT molecular complexity index is 542. The van der Waals surface area contributed by atoms with Gasteiger partial charge in [-0.1, -0.05) is 18.2 Å². The number of pyridine rings is 1. The minimum atomic E-state index is -0.701. The van der Waals surface area contributed by atoms with Crippen LogP contribution in [0.3, 0.4) is 0 Å². The predicted octanol–water partition coefficient (Wildman–Crippen LogP) is 1.73. The normalized spacial score (nSPS) is 11.9. The Hall–Kier alpha value is -2.27. The van der Waals surface area contributed by atoms with Crippen LogP contribution in [-0.4, -0.2) is 16.9 Å². The minimum Gasteiger partial charge on any atom is -0.320 e. The largest absolute Gasteiger partial charge is 0.320 e. The zero-order valence-electron chi connectivity index (χ0n) is 10.2. The van der Waals surface area contributed by atoms with E-state index in [9.17, 15) is 9.18 Å². The van der Waals surface area contributed by atoms with E-state index in [4.69, 9.17) is 5.73 Å². The van der Waals surface area contributed by atoms with Gasteiger partial charge in [-0.05, 0) is 36.2 Å². The number of anilines is 1. The van der Waals surface area contributed by atoms with E-state index in [1.54, 1.807) is 36.5 Å². The Morgan fingerprint density at radius 3 is 2.63 bits per heavy atom. The van der Waals surface area contributed by atoms with E-state index in [0.29, 0.717) is 12.2 Å². The summed E-state index contributed by atoms with van der Waals surface area (Å²) >= 11 is 0. The molecule has 1 heterocycles. The van der Waals surface area contributed by atoms with Gasteiger partial charge in [-0.3, -0.25) is 4.79 Å². The van der Waals surface area contributed by atoms with Crippen LogP contribution in [0.1, 0.15) is 5.56 Å². The molecule has 0 saturated carbocycles. The first-order chi connectivity index (χ1) is 9.15. The summed E-state index contributed by atoms with van der Waals surface area (Å²) in [6, 6.07) is 10.4. The molecule has 0 unspecified atom stereocenters. The molecule has 5 heteroatoms. The molecule has 98 valence electrons. The fourth-order valence-corrected chi connectivity index (χ4v) is 1.62. The van der Waals surface area contributed by atoms with Crippen LogP contribution in [0, 0.1) is 5.82 Å². The van der Waals surface area contributed by atoms with E-state index in [1.165, 1.54) is 12.1 Å². The number of nitrogens with two attached hydrogens (primary N) is 1. The molecule has 0 aliphatic rings. The monoisotopic (exact) mass is 259 g/mol. The third-order valence-corrected chi connectivity index (χ3v) is 2.62. The second-order valence-corrected chi connectivity index (χ2v) is 4.14. The molecule has 3 N–H and O–H groups in total. The van der Waals surface area contributed by atoms with E-state index >= 15 is 0 Å². The van der Waals surface area contributed by atoms with Gasteiger partial charge >= 0.3 is 0 Å². The lowest BCUT2D eigenvalue weighted by molar-refractivity contribution is -0.117. The highest BCUT2D eigenvalue weighted by Gasteiger charge is 2.14. The van der Waals surface area contributed by atoms with Crippen LogP contribution in [0.5, 0.6) is 0 Å². The molecule has 0 aliphatic carbocycles. The smallest absolute Gasteiger partial charge is 0.242 e. The van der Waals surface area contributed by atoms with E-state index < -0.39 is 6.04 Å². The van der Waals surface area contributed by atoms with Gasteiger partial charge in [-0.15, -0.1) is 0 Å². The zero-order valence-corrected chi connectivity index (χ0v) is 10.2. The van der Waals surface area contributed by atoms with E-state index in [-0.39, 0.29) is 11.7 Å². The van der Waals surface area contributed by atoms with Gasteiger partial charge in [0.05, 0.1) is 6.04 Å².